The maximum atomic E-state index is 13.8. The van der Waals surface area contributed by atoms with E-state index < -0.39 is 11.8 Å². The summed E-state index contributed by atoms with van der Waals surface area (Å²) in [5.74, 6) is 0.153. The molecule has 7 heteroatoms. The second-order valence-electron chi connectivity index (χ2n) is 8.06. The summed E-state index contributed by atoms with van der Waals surface area (Å²) in [6, 6.07) is 27.5. The minimum Gasteiger partial charge on any atom is -0.497 e. The minimum atomic E-state index is -0.509. The van der Waals surface area contributed by atoms with E-state index in [1.807, 2.05) is 66.7 Å². The first kappa shape index (κ1) is 23.3. The molecule has 4 aromatic carbocycles. The molecule has 6 nitrogen and oxygen atoms in total. The van der Waals surface area contributed by atoms with Crippen LogP contribution in [-0.2, 0) is 9.59 Å². The molecule has 2 amide bonds. The zero-order valence-electron chi connectivity index (χ0n) is 19.7. The van der Waals surface area contributed by atoms with Crippen molar-refractivity contribution >= 4 is 57.4 Å². The SMILES string of the molecule is COc1ccc2ccc(OC)c(C=C3C(=O)N(c4ccccc4)C(=S)N(c4ccccc4)C3=O)c2c1. The normalized spacial score (nSPS) is 13.8. The Labute approximate surface area is 214 Å². The lowest BCUT2D eigenvalue weighted by molar-refractivity contribution is -0.120. The number of methoxy groups -OCH3 is 2. The number of amides is 2. The molecule has 0 unspecified atom stereocenters. The lowest BCUT2D eigenvalue weighted by atomic mass is 9.99. The van der Waals surface area contributed by atoms with Crippen LogP contribution in [0.2, 0.25) is 0 Å². The fourth-order valence-corrected chi connectivity index (χ4v) is 4.62. The van der Waals surface area contributed by atoms with E-state index in [-0.39, 0.29) is 10.7 Å². The zero-order chi connectivity index (χ0) is 25.2. The third-order valence-corrected chi connectivity index (χ3v) is 6.38. The van der Waals surface area contributed by atoms with Crippen LogP contribution < -0.4 is 19.3 Å². The van der Waals surface area contributed by atoms with Crippen LogP contribution in [0.4, 0.5) is 11.4 Å². The first-order valence-corrected chi connectivity index (χ1v) is 11.6. The summed E-state index contributed by atoms with van der Waals surface area (Å²) in [6.07, 6.45) is 1.58. The van der Waals surface area contributed by atoms with Gasteiger partial charge in [-0.15, -0.1) is 0 Å². The number of rotatable bonds is 5. The molecule has 0 spiro atoms. The molecule has 5 rings (SSSR count). The van der Waals surface area contributed by atoms with Crippen molar-refractivity contribution in [3.63, 3.8) is 0 Å². The van der Waals surface area contributed by atoms with Crippen molar-refractivity contribution in [2.45, 2.75) is 0 Å². The minimum absolute atomic E-state index is 0.0371. The maximum Gasteiger partial charge on any atom is 0.270 e. The van der Waals surface area contributed by atoms with Crippen LogP contribution in [0.1, 0.15) is 5.56 Å². The smallest absolute Gasteiger partial charge is 0.270 e. The number of thiocarbonyl (C=S) groups is 1. The molecule has 1 fully saturated rings. The molecule has 178 valence electrons. The number of carbonyl (C=O) groups excluding carboxylic acids is 2. The lowest BCUT2D eigenvalue weighted by Gasteiger charge is -2.36. The molecular formula is C29H22N2O4S. The van der Waals surface area contributed by atoms with Crippen LogP contribution in [0.25, 0.3) is 16.8 Å². The summed E-state index contributed by atoms with van der Waals surface area (Å²) in [6.45, 7) is 0. The van der Waals surface area contributed by atoms with Gasteiger partial charge in [0, 0.05) is 5.56 Å². The van der Waals surface area contributed by atoms with E-state index in [9.17, 15) is 9.59 Å². The fourth-order valence-electron chi connectivity index (χ4n) is 4.24. The number of benzene rings is 4. The van der Waals surface area contributed by atoms with E-state index >= 15 is 0 Å². The van der Waals surface area contributed by atoms with Crippen molar-refractivity contribution in [2.75, 3.05) is 24.0 Å². The van der Waals surface area contributed by atoms with Gasteiger partial charge in [0.25, 0.3) is 11.8 Å². The monoisotopic (exact) mass is 494 g/mol. The third kappa shape index (κ3) is 3.99. The molecule has 0 aliphatic carbocycles. The molecule has 0 saturated carbocycles. The van der Waals surface area contributed by atoms with Crippen molar-refractivity contribution < 1.29 is 19.1 Å². The van der Waals surface area contributed by atoms with Gasteiger partial charge in [-0.25, -0.2) is 0 Å². The standard InChI is InChI=1S/C29H22N2O4S/c1-34-22-15-13-19-14-16-26(35-2)24(23(19)17-22)18-25-27(32)30(20-9-5-3-6-10-20)29(36)31(28(25)33)21-11-7-4-8-12-21/h3-18H,1-2H3. The number of carbonyl (C=O) groups is 2. The van der Waals surface area contributed by atoms with E-state index in [1.54, 1.807) is 44.6 Å². The van der Waals surface area contributed by atoms with Crippen molar-refractivity contribution in [3.05, 3.63) is 102 Å². The highest BCUT2D eigenvalue weighted by Gasteiger charge is 2.41. The molecule has 0 radical (unpaired) electrons. The molecule has 1 aliphatic heterocycles. The zero-order valence-corrected chi connectivity index (χ0v) is 20.5. The second-order valence-corrected chi connectivity index (χ2v) is 8.43. The van der Waals surface area contributed by atoms with Gasteiger partial charge in [0.1, 0.15) is 17.1 Å². The van der Waals surface area contributed by atoms with Crippen LogP contribution in [-0.4, -0.2) is 31.1 Å². The largest absolute Gasteiger partial charge is 0.497 e. The number of ether oxygens (including phenoxy) is 2. The molecule has 0 bridgehead atoms. The Bertz CT molecular complexity index is 1450. The van der Waals surface area contributed by atoms with Gasteiger partial charge in [-0.2, -0.15) is 0 Å². The third-order valence-electron chi connectivity index (χ3n) is 6.02. The van der Waals surface area contributed by atoms with E-state index in [2.05, 4.69) is 0 Å². The average Bonchev–Trinajstić information content (AvgIpc) is 2.92. The van der Waals surface area contributed by atoms with Crippen molar-refractivity contribution in [1.29, 1.82) is 0 Å². The molecule has 0 aromatic heterocycles. The van der Waals surface area contributed by atoms with E-state index in [4.69, 9.17) is 21.7 Å². The predicted octanol–water partition coefficient (Wildman–Crippen LogP) is 5.61. The number of hydrogen-bond donors (Lipinski definition) is 0. The molecule has 1 saturated heterocycles. The van der Waals surface area contributed by atoms with Gasteiger partial charge in [-0.3, -0.25) is 19.4 Å². The van der Waals surface area contributed by atoms with Crippen LogP contribution in [0, 0.1) is 0 Å². The van der Waals surface area contributed by atoms with Crippen LogP contribution >= 0.6 is 12.2 Å². The van der Waals surface area contributed by atoms with Gasteiger partial charge in [0.05, 0.1) is 25.6 Å². The van der Waals surface area contributed by atoms with E-state index in [0.717, 1.165) is 10.8 Å². The topological polar surface area (TPSA) is 59.1 Å². The van der Waals surface area contributed by atoms with Crippen LogP contribution in [0.5, 0.6) is 11.5 Å². The Balaban J connectivity index is 1.75. The number of hydrogen-bond acceptors (Lipinski definition) is 5. The second kappa shape index (κ2) is 9.64. The predicted molar refractivity (Wildman–Crippen MR) is 145 cm³/mol. The van der Waals surface area contributed by atoms with E-state index in [0.29, 0.717) is 28.4 Å². The molecular weight excluding hydrogens is 472 g/mol. The first-order valence-electron chi connectivity index (χ1n) is 11.2. The van der Waals surface area contributed by atoms with Gasteiger partial charge in [-0.1, -0.05) is 48.5 Å². The fraction of sp³-hybridized carbons (Fsp3) is 0.0690. The number of para-hydroxylation sites is 2. The highest BCUT2D eigenvalue weighted by Crippen LogP contribution is 2.35. The van der Waals surface area contributed by atoms with E-state index in [1.165, 1.54) is 9.80 Å². The molecule has 1 heterocycles. The van der Waals surface area contributed by atoms with Crippen molar-refractivity contribution in [3.8, 4) is 11.5 Å². The number of nitrogens with zero attached hydrogens (tertiary/aromatic N) is 2. The van der Waals surface area contributed by atoms with Crippen molar-refractivity contribution in [2.24, 2.45) is 0 Å². The van der Waals surface area contributed by atoms with Gasteiger partial charge in [-0.05, 0) is 71.5 Å². The maximum absolute atomic E-state index is 13.8. The summed E-state index contributed by atoms with van der Waals surface area (Å²) in [5, 5.41) is 1.79. The van der Waals surface area contributed by atoms with Gasteiger partial charge >= 0.3 is 0 Å². The summed E-state index contributed by atoms with van der Waals surface area (Å²) >= 11 is 5.68. The Kier molecular flexibility index (Phi) is 6.23. The Morgan fingerprint density at radius 3 is 1.81 bits per heavy atom. The quantitative estimate of drug-likeness (QED) is 0.205. The molecule has 0 N–H and O–H groups in total. The van der Waals surface area contributed by atoms with Gasteiger partial charge < -0.3 is 9.47 Å². The highest BCUT2D eigenvalue weighted by molar-refractivity contribution is 7.81. The summed E-state index contributed by atoms with van der Waals surface area (Å²) in [4.78, 5) is 30.5. The molecule has 1 aliphatic rings. The Morgan fingerprint density at radius 1 is 0.722 bits per heavy atom. The van der Waals surface area contributed by atoms with Crippen molar-refractivity contribution in [1.82, 2.24) is 0 Å². The highest BCUT2D eigenvalue weighted by atomic mass is 32.1. The number of anilines is 2. The summed E-state index contributed by atoms with van der Waals surface area (Å²) in [7, 11) is 3.14. The summed E-state index contributed by atoms with van der Waals surface area (Å²) < 4.78 is 11.0. The molecule has 4 aromatic rings. The Hall–Kier alpha value is -4.49. The van der Waals surface area contributed by atoms with Crippen LogP contribution in [0.15, 0.2) is 96.6 Å². The lowest BCUT2D eigenvalue weighted by Crippen LogP contribution is -2.56. The number of fused-ring (bicyclic) bond motifs is 1. The van der Waals surface area contributed by atoms with Gasteiger partial charge in [0.2, 0.25) is 0 Å². The summed E-state index contributed by atoms with van der Waals surface area (Å²) in [5.41, 5.74) is 1.70. The average molecular weight is 495 g/mol. The Morgan fingerprint density at radius 2 is 1.28 bits per heavy atom. The first-order chi connectivity index (χ1) is 17.5. The van der Waals surface area contributed by atoms with Gasteiger partial charge in [0.15, 0.2) is 5.11 Å². The molecule has 0 atom stereocenters. The molecule has 36 heavy (non-hydrogen) atoms. The van der Waals surface area contributed by atoms with Crippen LogP contribution in [0.3, 0.4) is 0 Å².